The van der Waals surface area contributed by atoms with Gasteiger partial charge >= 0.3 is 5.69 Å². The molecule has 3 aromatic heterocycles. The third-order valence-corrected chi connectivity index (χ3v) is 11.9. The minimum Gasteiger partial charge on any atom is -0.496 e. The van der Waals surface area contributed by atoms with E-state index in [2.05, 4.69) is 15.2 Å². The van der Waals surface area contributed by atoms with E-state index in [-0.39, 0.29) is 43.0 Å². The van der Waals surface area contributed by atoms with Crippen molar-refractivity contribution in [2.24, 2.45) is 14.1 Å². The van der Waals surface area contributed by atoms with Crippen LogP contribution in [0.5, 0.6) is 11.5 Å². The number of hydrogen-bond acceptors (Lipinski definition) is 10. The molecule has 6 aromatic rings. The molecular weight excluding hydrogens is 777 g/mol. The van der Waals surface area contributed by atoms with E-state index in [4.69, 9.17) is 14.2 Å². The van der Waals surface area contributed by atoms with Gasteiger partial charge in [-0.05, 0) is 53.4 Å². The van der Waals surface area contributed by atoms with Gasteiger partial charge in [0, 0.05) is 81.2 Å². The number of halogens is 2. The van der Waals surface area contributed by atoms with Crippen LogP contribution in [0.2, 0.25) is 0 Å². The van der Waals surface area contributed by atoms with Gasteiger partial charge in [0.1, 0.15) is 23.4 Å². The van der Waals surface area contributed by atoms with Crippen LogP contribution < -0.4 is 30.9 Å². The summed E-state index contributed by atoms with van der Waals surface area (Å²) in [4.78, 5) is 60.0. The smallest absolute Gasteiger partial charge is 0.329 e. The number of pyridine rings is 2. The number of nitrogens with one attached hydrogen (secondary N) is 1. The molecule has 14 nitrogen and oxygen atoms in total. The molecule has 0 saturated carbocycles. The molecule has 9 rings (SSSR count). The maximum atomic E-state index is 16.1. The van der Waals surface area contributed by atoms with Crippen molar-refractivity contribution in [2.75, 3.05) is 52.0 Å². The zero-order chi connectivity index (χ0) is 42.0. The second-order valence-corrected chi connectivity index (χ2v) is 15.6. The van der Waals surface area contributed by atoms with Crippen LogP contribution in [0.4, 0.5) is 14.6 Å². The van der Waals surface area contributed by atoms with Gasteiger partial charge in [0.05, 0.1) is 56.0 Å². The van der Waals surface area contributed by atoms with Gasteiger partial charge in [-0.1, -0.05) is 24.3 Å². The van der Waals surface area contributed by atoms with Gasteiger partial charge in [-0.2, -0.15) is 8.78 Å². The number of carbonyl (C=O) groups excluding carboxylic acids is 2. The summed E-state index contributed by atoms with van der Waals surface area (Å²) in [7, 11) is 6.34. The standard InChI is InChI=1S/C44H43F2N7O7/c1-49-22-31(29-19-38(47-20-30(29)42(49)56)52-12-14-60-15-13-52)26-17-36(58-3)32(37(18-26)59-4)23-51-21-27-16-25(8-9-33(27)44(45,46)24-51)28-6-5-7-34-40(28)50(2)43(57)53(34)35-10-11-39(54)48-41(35)55/h5-9,16-20,22,35H,10-15,21,23-24H2,1-4H3,(H,48,54,55). The Hall–Kier alpha value is -6.39. The van der Waals surface area contributed by atoms with Crippen LogP contribution in [-0.4, -0.2) is 82.5 Å². The largest absolute Gasteiger partial charge is 0.496 e. The number of fused-ring (bicyclic) bond motifs is 3. The average Bonchev–Trinajstić information content (AvgIpc) is 3.50. The van der Waals surface area contributed by atoms with Crippen LogP contribution >= 0.6 is 0 Å². The van der Waals surface area contributed by atoms with Gasteiger partial charge in [-0.15, -0.1) is 0 Å². The van der Waals surface area contributed by atoms with E-state index in [1.54, 1.807) is 55.7 Å². The van der Waals surface area contributed by atoms with Crippen molar-refractivity contribution in [1.82, 2.24) is 28.9 Å². The van der Waals surface area contributed by atoms with Crippen LogP contribution in [0.1, 0.15) is 35.6 Å². The molecular formula is C44H43F2N7O7. The minimum atomic E-state index is -3.19. The summed E-state index contributed by atoms with van der Waals surface area (Å²) in [5, 5.41) is 3.49. The summed E-state index contributed by atoms with van der Waals surface area (Å²) < 4.78 is 54.0. The monoisotopic (exact) mass is 819 g/mol. The fourth-order valence-electron chi connectivity index (χ4n) is 8.99. The van der Waals surface area contributed by atoms with Crippen molar-refractivity contribution in [1.29, 1.82) is 0 Å². The SMILES string of the molecule is COc1cc(-c2cn(C)c(=O)c3cnc(N4CCOCC4)cc23)cc(OC)c1CN1Cc2cc(-c3cccc4c3n(C)c(=O)n4C3CCC(=O)NC3=O)ccc2C(F)(F)C1. The molecule has 0 spiro atoms. The highest BCUT2D eigenvalue weighted by atomic mass is 19.3. The van der Waals surface area contributed by atoms with Crippen LogP contribution in [-0.2, 0) is 47.4 Å². The summed E-state index contributed by atoms with van der Waals surface area (Å²) in [5.74, 6) is -2.52. The molecule has 1 atom stereocenters. The molecule has 60 heavy (non-hydrogen) atoms. The molecule has 2 saturated heterocycles. The van der Waals surface area contributed by atoms with Crippen LogP contribution in [0.25, 0.3) is 44.1 Å². The first-order valence-electron chi connectivity index (χ1n) is 19.7. The Balaban J connectivity index is 1.06. The number of morpholine rings is 1. The predicted octanol–water partition coefficient (Wildman–Crippen LogP) is 4.86. The second-order valence-electron chi connectivity index (χ2n) is 15.6. The first kappa shape index (κ1) is 39.1. The van der Waals surface area contributed by atoms with Crippen molar-refractivity contribution in [3.8, 4) is 33.8 Å². The Bertz CT molecular complexity index is 2840. The molecule has 6 heterocycles. The molecule has 3 aliphatic heterocycles. The Morgan fingerprint density at radius 1 is 0.917 bits per heavy atom. The van der Waals surface area contributed by atoms with E-state index < -0.39 is 30.1 Å². The summed E-state index contributed by atoms with van der Waals surface area (Å²) in [6.07, 6.45) is 3.67. The molecule has 1 unspecified atom stereocenters. The average molecular weight is 820 g/mol. The Morgan fingerprint density at radius 2 is 1.67 bits per heavy atom. The topological polar surface area (TPSA) is 142 Å². The zero-order valence-electron chi connectivity index (χ0n) is 33.6. The number of anilines is 1. The van der Waals surface area contributed by atoms with Crippen molar-refractivity contribution in [3.05, 3.63) is 105 Å². The fourth-order valence-corrected chi connectivity index (χ4v) is 8.99. The molecule has 2 fully saturated rings. The van der Waals surface area contributed by atoms with Gasteiger partial charge in [-0.25, -0.2) is 9.78 Å². The molecule has 0 radical (unpaired) electrons. The summed E-state index contributed by atoms with van der Waals surface area (Å²) in [5.41, 5.74) is 4.09. The molecule has 3 aromatic carbocycles. The number of imidazole rings is 1. The quantitative estimate of drug-likeness (QED) is 0.212. The number of ether oxygens (including phenoxy) is 3. The number of methoxy groups -OCH3 is 2. The summed E-state index contributed by atoms with van der Waals surface area (Å²) >= 11 is 0. The van der Waals surface area contributed by atoms with E-state index in [1.165, 1.54) is 34.0 Å². The lowest BCUT2D eigenvalue weighted by molar-refractivity contribution is -0.135. The number of aromatic nitrogens is 4. The molecule has 1 N–H and O–H groups in total. The highest BCUT2D eigenvalue weighted by molar-refractivity contribution is 6.01. The third-order valence-electron chi connectivity index (χ3n) is 11.9. The van der Waals surface area contributed by atoms with E-state index in [9.17, 15) is 19.2 Å². The van der Waals surface area contributed by atoms with E-state index in [1.807, 2.05) is 24.3 Å². The van der Waals surface area contributed by atoms with Gasteiger partial charge < -0.3 is 23.7 Å². The number of rotatable bonds is 8. The lowest BCUT2D eigenvalue weighted by Gasteiger charge is -2.35. The van der Waals surface area contributed by atoms with E-state index >= 15 is 8.78 Å². The van der Waals surface area contributed by atoms with Crippen LogP contribution in [0.15, 0.2) is 76.6 Å². The van der Waals surface area contributed by atoms with Gasteiger partial charge in [0.25, 0.3) is 11.5 Å². The molecule has 3 aliphatic rings. The Kier molecular flexibility index (Phi) is 9.78. The number of amides is 2. The number of piperidine rings is 1. The first-order valence-corrected chi connectivity index (χ1v) is 19.7. The molecule has 16 heteroatoms. The normalized spacial score (nSPS) is 18.2. The Labute approximate surface area is 342 Å². The van der Waals surface area contributed by atoms with Crippen LogP contribution in [0, 0.1) is 0 Å². The maximum absolute atomic E-state index is 16.1. The highest BCUT2D eigenvalue weighted by Crippen LogP contribution is 2.43. The number of aryl methyl sites for hydroxylation is 2. The predicted molar refractivity (Wildman–Crippen MR) is 221 cm³/mol. The van der Waals surface area contributed by atoms with Crippen LogP contribution in [0.3, 0.4) is 0 Å². The van der Waals surface area contributed by atoms with Crippen molar-refractivity contribution in [3.63, 3.8) is 0 Å². The Morgan fingerprint density at radius 3 is 2.38 bits per heavy atom. The van der Waals surface area contributed by atoms with Gasteiger partial charge in [0.15, 0.2) is 0 Å². The lowest BCUT2D eigenvalue weighted by Crippen LogP contribution is -2.44. The highest BCUT2D eigenvalue weighted by Gasteiger charge is 2.41. The number of para-hydroxylation sites is 1. The minimum absolute atomic E-state index is 0.0733. The first-order chi connectivity index (χ1) is 28.9. The van der Waals surface area contributed by atoms with E-state index in [0.717, 1.165) is 11.4 Å². The van der Waals surface area contributed by atoms with Gasteiger partial charge in [0.2, 0.25) is 11.8 Å². The van der Waals surface area contributed by atoms with Crippen molar-refractivity contribution < 1.29 is 32.6 Å². The second kappa shape index (κ2) is 15.0. The number of nitrogens with zero attached hydrogens (tertiary/aromatic N) is 6. The summed E-state index contributed by atoms with van der Waals surface area (Å²) in [6.45, 7) is 2.22. The molecule has 0 bridgehead atoms. The number of imide groups is 1. The van der Waals surface area contributed by atoms with E-state index in [0.29, 0.717) is 87.4 Å². The maximum Gasteiger partial charge on any atom is 0.329 e. The number of carbonyl (C=O) groups is 2. The molecule has 0 aliphatic carbocycles. The lowest BCUT2D eigenvalue weighted by atomic mass is 9.91. The fraction of sp³-hybridized carbons (Fsp3) is 0.341. The molecule has 2 amide bonds. The van der Waals surface area contributed by atoms with Crippen molar-refractivity contribution in [2.45, 2.75) is 37.9 Å². The molecule has 310 valence electrons. The third kappa shape index (κ3) is 6.59. The number of alkyl halides is 2. The summed E-state index contributed by atoms with van der Waals surface area (Å²) in [6, 6.07) is 14.9. The van der Waals surface area contributed by atoms with Gasteiger partial charge in [-0.3, -0.25) is 33.7 Å². The van der Waals surface area contributed by atoms with Crippen molar-refractivity contribution >= 4 is 39.4 Å². The zero-order valence-corrected chi connectivity index (χ0v) is 33.6. The number of benzene rings is 3. The number of hydrogen-bond donors (Lipinski definition) is 1.